The average molecular weight is 412 g/mol. The maximum atomic E-state index is 12.2. The molecule has 30 heavy (non-hydrogen) atoms. The maximum Gasteiger partial charge on any atom is 0.251 e. The quantitative estimate of drug-likeness (QED) is 0.425. The second-order valence-electron chi connectivity index (χ2n) is 6.56. The number of amides is 3. The monoisotopic (exact) mass is 412 g/mol. The summed E-state index contributed by atoms with van der Waals surface area (Å²) in [6.07, 6.45) is 1.14. The van der Waals surface area contributed by atoms with Gasteiger partial charge in [0.2, 0.25) is 11.8 Å². The van der Waals surface area contributed by atoms with Gasteiger partial charge in [0.25, 0.3) is 5.91 Å². The topological polar surface area (TPSA) is 109 Å². The van der Waals surface area contributed by atoms with Crippen LogP contribution in [0.3, 0.4) is 0 Å². The highest BCUT2D eigenvalue weighted by atomic mass is 16.5. The van der Waals surface area contributed by atoms with E-state index < -0.39 is 0 Å². The van der Waals surface area contributed by atoms with E-state index in [4.69, 9.17) is 4.74 Å². The van der Waals surface area contributed by atoms with Crippen LogP contribution in [0.1, 0.15) is 30.1 Å². The smallest absolute Gasteiger partial charge is 0.251 e. The normalized spacial score (nSPS) is 10.2. The molecule has 0 fully saturated rings. The summed E-state index contributed by atoms with van der Waals surface area (Å²) in [5, 5.41) is 11.4. The Morgan fingerprint density at radius 3 is 2.30 bits per heavy atom. The SMILES string of the molecule is CCC(=O)Nc1cccc(NCC(=O)Nc2ccc(C(=O)NCCCOC)cc2)c1. The van der Waals surface area contributed by atoms with Gasteiger partial charge >= 0.3 is 0 Å². The van der Waals surface area contributed by atoms with Gasteiger partial charge in [-0.15, -0.1) is 0 Å². The van der Waals surface area contributed by atoms with E-state index in [-0.39, 0.29) is 24.3 Å². The van der Waals surface area contributed by atoms with Crippen LogP contribution in [-0.4, -0.2) is 44.5 Å². The highest BCUT2D eigenvalue weighted by molar-refractivity contribution is 5.97. The molecule has 160 valence electrons. The third-order valence-electron chi connectivity index (χ3n) is 4.16. The Bertz CT molecular complexity index is 852. The predicted molar refractivity (Wildman–Crippen MR) is 118 cm³/mol. The Morgan fingerprint density at radius 2 is 1.60 bits per heavy atom. The molecule has 0 aliphatic rings. The van der Waals surface area contributed by atoms with Crippen molar-refractivity contribution in [1.29, 1.82) is 0 Å². The van der Waals surface area contributed by atoms with E-state index in [1.807, 2.05) is 6.07 Å². The van der Waals surface area contributed by atoms with Crippen molar-refractivity contribution in [3.63, 3.8) is 0 Å². The van der Waals surface area contributed by atoms with Crippen LogP contribution >= 0.6 is 0 Å². The predicted octanol–water partition coefficient (Wildman–Crippen LogP) is 2.85. The summed E-state index contributed by atoms with van der Waals surface area (Å²) in [5.74, 6) is -0.465. The number of carbonyl (C=O) groups excluding carboxylic acids is 3. The van der Waals surface area contributed by atoms with Crippen LogP contribution < -0.4 is 21.3 Å². The Labute approximate surface area is 176 Å². The summed E-state index contributed by atoms with van der Waals surface area (Å²) in [6, 6.07) is 13.9. The van der Waals surface area contributed by atoms with Gasteiger partial charge in [0.1, 0.15) is 0 Å². The first-order valence-corrected chi connectivity index (χ1v) is 9.82. The maximum absolute atomic E-state index is 12.2. The van der Waals surface area contributed by atoms with Crippen LogP contribution in [0.2, 0.25) is 0 Å². The number of carbonyl (C=O) groups is 3. The van der Waals surface area contributed by atoms with Gasteiger partial charge in [0, 0.05) is 49.3 Å². The second kappa shape index (κ2) is 12.2. The van der Waals surface area contributed by atoms with Crippen molar-refractivity contribution < 1.29 is 19.1 Å². The number of hydrogen-bond donors (Lipinski definition) is 4. The van der Waals surface area contributed by atoms with Crippen molar-refractivity contribution in [1.82, 2.24) is 5.32 Å². The molecule has 0 spiro atoms. The zero-order valence-electron chi connectivity index (χ0n) is 17.3. The zero-order chi connectivity index (χ0) is 21.8. The van der Waals surface area contributed by atoms with Crippen LogP contribution in [0, 0.1) is 0 Å². The van der Waals surface area contributed by atoms with Crippen molar-refractivity contribution in [3.05, 3.63) is 54.1 Å². The van der Waals surface area contributed by atoms with E-state index >= 15 is 0 Å². The molecule has 0 radical (unpaired) electrons. The number of methoxy groups -OCH3 is 1. The lowest BCUT2D eigenvalue weighted by Crippen LogP contribution is -2.25. The third-order valence-corrected chi connectivity index (χ3v) is 4.16. The second-order valence-corrected chi connectivity index (χ2v) is 6.56. The van der Waals surface area contributed by atoms with Gasteiger partial charge in [-0.2, -0.15) is 0 Å². The standard InChI is InChI=1S/C22H28N4O4/c1-3-20(27)26-19-7-4-6-18(14-19)24-15-21(28)25-17-10-8-16(9-11-17)22(29)23-12-5-13-30-2/h4,6-11,14,24H,3,5,12-13,15H2,1-2H3,(H,23,29)(H,25,28)(H,26,27). The number of rotatable bonds is 11. The molecule has 0 atom stereocenters. The molecule has 2 aromatic carbocycles. The van der Waals surface area contributed by atoms with Gasteiger partial charge in [-0.1, -0.05) is 13.0 Å². The molecule has 0 bridgehead atoms. The summed E-state index contributed by atoms with van der Waals surface area (Å²) < 4.78 is 4.94. The molecular formula is C22H28N4O4. The summed E-state index contributed by atoms with van der Waals surface area (Å²) in [4.78, 5) is 35.7. The van der Waals surface area contributed by atoms with Gasteiger partial charge < -0.3 is 26.0 Å². The zero-order valence-corrected chi connectivity index (χ0v) is 17.3. The van der Waals surface area contributed by atoms with Gasteiger partial charge in [-0.05, 0) is 48.9 Å². The first-order valence-electron chi connectivity index (χ1n) is 9.82. The molecule has 0 aliphatic carbocycles. The summed E-state index contributed by atoms with van der Waals surface area (Å²) >= 11 is 0. The number of benzene rings is 2. The lowest BCUT2D eigenvalue weighted by atomic mass is 10.2. The van der Waals surface area contributed by atoms with Crippen LogP contribution in [0.4, 0.5) is 17.1 Å². The molecule has 0 heterocycles. The summed E-state index contributed by atoms with van der Waals surface area (Å²) in [7, 11) is 1.62. The molecule has 0 aromatic heterocycles. The van der Waals surface area contributed by atoms with E-state index in [1.165, 1.54) is 0 Å². The fourth-order valence-electron chi connectivity index (χ4n) is 2.57. The first-order chi connectivity index (χ1) is 14.5. The molecule has 0 saturated carbocycles. The first kappa shape index (κ1) is 22.9. The Kier molecular flexibility index (Phi) is 9.33. The molecule has 8 heteroatoms. The van der Waals surface area contributed by atoms with Crippen LogP contribution in [0.25, 0.3) is 0 Å². The number of anilines is 3. The fraction of sp³-hybridized carbons (Fsp3) is 0.318. The van der Waals surface area contributed by atoms with Crippen molar-refractivity contribution in [2.24, 2.45) is 0 Å². The molecule has 0 aliphatic heterocycles. The average Bonchev–Trinajstić information content (AvgIpc) is 2.76. The van der Waals surface area contributed by atoms with Gasteiger partial charge in [-0.3, -0.25) is 14.4 Å². The van der Waals surface area contributed by atoms with Crippen LogP contribution in [0.5, 0.6) is 0 Å². The minimum Gasteiger partial charge on any atom is -0.385 e. The van der Waals surface area contributed by atoms with E-state index in [9.17, 15) is 14.4 Å². The van der Waals surface area contributed by atoms with Gasteiger partial charge in [-0.25, -0.2) is 0 Å². The lowest BCUT2D eigenvalue weighted by molar-refractivity contribution is -0.116. The number of hydrogen-bond acceptors (Lipinski definition) is 5. The highest BCUT2D eigenvalue weighted by Gasteiger charge is 2.07. The van der Waals surface area contributed by atoms with Crippen molar-refractivity contribution in [3.8, 4) is 0 Å². The number of ether oxygens (including phenoxy) is 1. The third kappa shape index (κ3) is 7.92. The van der Waals surface area contributed by atoms with Crippen molar-refractivity contribution >= 4 is 34.8 Å². The number of nitrogens with one attached hydrogen (secondary N) is 4. The fourth-order valence-corrected chi connectivity index (χ4v) is 2.57. The van der Waals surface area contributed by atoms with Crippen LogP contribution in [-0.2, 0) is 14.3 Å². The van der Waals surface area contributed by atoms with Gasteiger partial charge in [0.15, 0.2) is 0 Å². The van der Waals surface area contributed by atoms with Gasteiger partial charge in [0.05, 0.1) is 6.54 Å². The molecule has 2 rings (SSSR count). The molecular weight excluding hydrogens is 384 g/mol. The van der Waals surface area contributed by atoms with E-state index in [1.54, 1.807) is 56.5 Å². The van der Waals surface area contributed by atoms with Crippen molar-refractivity contribution in [2.45, 2.75) is 19.8 Å². The molecule has 0 saturated heterocycles. The Balaban J connectivity index is 1.80. The van der Waals surface area contributed by atoms with Crippen molar-refractivity contribution in [2.75, 3.05) is 42.8 Å². The summed E-state index contributed by atoms with van der Waals surface area (Å²) in [6.45, 7) is 2.98. The molecule has 2 aromatic rings. The van der Waals surface area contributed by atoms with E-state index in [0.29, 0.717) is 36.5 Å². The minimum absolute atomic E-state index is 0.0624. The largest absolute Gasteiger partial charge is 0.385 e. The molecule has 3 amide bonds. The van der Waals surface area contributed by atoms with Crippen LogP contribution in [0.15, 0.2) is 48.5 Å². The van der Waals surface area contributed by atoms with E-state index in [2.05, 4.69) is 21.3 Å². The molecule has 0 unspecified atom stereocenters. The lowest BCUT2D eigenvalue weighted by Gasteiger charge is -2.10. The highest BCUT2D eigenvalue weighted by Crippen LogP contribution is 2.15. The Morgan fingerprint density at radius 1 is 0.900 bits per heavy atom. The van der Waals surface area contributed by atoms with E-state index in [0.717, 1.165) is 12.1 Å². The molecule has 4 N–H and O–H groups in total. The Hall–Kier alpha value is -3.39. The minimum atomic E-state index is -0.227. The molecule has 8 nitrogen and oxygen atoms in total. The summed E-state index contributed by atoms with van der Waals surface area (Å²) in [5.41, 5.74) is 2.51.